The molecule has 9 aromatic heterocycles. The van der Waals surface area contributed by atoms with Crippen molar-refractivity contribution >= 4 is 98.3 Å². The van der Waals surface area contributed by atoms with Crippen molar-refractivity contribution in [3.8, 4) is 45.9 Å². The number of para-hydroxylation sites is 7. The first-order chi connectivity index (χ1) is 37.3. The molecule has 11 heteroatoms. The fourth-order valence-electron chi connectivity index (χ4n) is 12.1. The van der Waals surface area contributed by atoms with E-state index in [4.69, 9.17) is 24.9 Å². The monoisotopic (exact) mass is 959 g/mol. The molecule has 0 unspecified atom stereocenters. The Balaban J connectivity index is 1.30. The molecule has 0 fully saturated rings. The molecule has 0 atom stereocenters. The van der Waals surface area contributed by atoms with Crippen molar-refractivity contribution in [1.82, 2.24) is 47.8 Å². The zero-order valence-corrected chi connectivity index (χ0v) is 39.8. The van der Waals surface area contributed by atoms with E-state index in [-0.39, 0.29) is 0 Å². The summed E-state index contributed by atoms with van der Waals surface area (Å²) < 4.78 is 11.6. The van der Waals surface area contributed by atoms with E-state index < -0.39 is 0 Å². The molecule has 0 N–H and O–H groups in total. The number of aromatic nitrogens is 10. The van der Waals surface area contributed by atoms with Crippen LogP contribution in [0.3, 0.4) is 0 Å². The SMILES string of the molecule is N#Cc1c(-n2c3ccccc3c3cnccc32)c(-c2nc3ccccc3n2-c2ccccc2)c(-n2c3ccccc3c3cnccc32)c(-n2c3ccccc3c3cnccc32)c1-n1c2ccccc2c2cnccc21. The molecule has 0 saturated carbocycles. The molecule has 0 amide bonds. The number of imidazole rings is 1. The molecule has 7 aromatic carbocycles. The van der Waals surface area contributed by atoms with Crippen molar-refractivity contribution in [3.63, 3.8) is 0 Å². The molecular weight excluding hydrogens is 923 g/mol. The highest BCUT2D eigenvalue weighted by Crippen LogP contribution is 2.52. The molecule has 9 heterocycles. The minimum Gasteiger partial charge on any atom is -0.307 e. The summed E-state index contributed by atoms with van der Waals surface area (Å²) in [5.41, 5.74) is 14.0. The summed E-state index contributed by atoms with van der Waals surface area (Å²) in [6.07, 6.45) is 15.2. The van der Waals surface area contributed by atoms with Gasteiger partial charge in [-0.15, -0.1) is 0 Å². The molecule has 0 saturated heterocycles. The van der Waals surface area contributed by atoms with Gasteiger partial charge >= 0.3 is 0 Å². The molecule has 16 rings (SSSR count). The molecule has 11 nitrogen and oxygen atoms in total. The van der Waals surface area contributed by atoms with Gasteiger partial charge in [0.15, 0.2) is 0 Å². The van der Waals surface area contributed by atoms with Gasteiger partial charge in [0.05, 0.1) is 83.5 Å². The molecule has 0 aliphatic heterocycles. The Morgan fingerprint density at radius 3 is 1.12 bits per heavy atom. The number of pyridine rings is 4. The smallest absolute Gasteiger partial charge is 0.150 e. The number of rotatable bonds is 6. The summed E-state index contributed by atoms with van der Waals surface area (Å²) >= 11 is 0. The normalized spacial score (nSPS) is 12.0. The first kappa shape index (κ1) is 41.0. The Kier molecular flexibility index (Phi) is 8.55. The van der Waals surface area contributed by atoms with E-state index in [1.165, 1.54) is 0 Å². The zero-order chi connectivity index (χ0) is 49.3. The predicted molar refractivity (Wildman–Crippen MR) is 300 cm³/mol. The van der Waals surface area contributed by atoms with Crippen molar-refractivity contribution < 1.29 is 0 Å². The maximum absolute atomic E-state index is 12.8. The molecule has 0 aliphatic rings. The van der Waals surface area contributed by atoms with Gasteiger partial charge in [-0.1, -0.05) is 103 Å². The number of benzene rings is 7. The number of nitriles is 1. The van der Waals surface area contributed by atoms with Crippen LogP contribution in [0.2, 0.25) is 0 Å². The maximum Gasteiger partial charge on any atom is 0.150 e. The van der Waals surface area contributed by atoms with Crippen LogP contribution in [0.4, 0.5) is 0 Å². The van der Waals surface area contributed by atoms with Gasteiger partial charge in [0.25, 0.3) is 0 Å². The molecule has 348 valence electrons. The molecule has 0 radical (unpaired) electrons. The van der Waals surface area contributed by atoms with Crippen molar-refractivity contribution in [3.05, 3.63) is 231 Å². The number of hydrogen-bond donors (Lipinski definition) is 0. The van der Waals surface area contributed by atoms with Crippen LogP contribution in [0.5, 0.6) is 0 Å². The highest BCUT2D eigenvalue weighted by atomic mass is 15.2. The molecular formula is C64H37N11. The highest BCUT2D eigenvalue weighted by Gasteiger charge is 2.37. The third-order valence-corrected chi connectivity index (χ3v) is 15.1. The first-order valence-electron chi connectivity index (χ1n) is 24.8. The molecule has 75 heavy (non-hydrogen) atoms. The van der Waals surface area contributed by atoms with Gasteiger partial charge in [-0.05, 0) is 72.8 Å². The van der Waals surface area contributed by atoms with Gasteiger partial charge in [0.2, 0.25) is 0 Å². The fourth-order valence-corrected chi connectivity index (χ4v) is 12.1. The van der Waals surface area contributed by atoms with E-state index >= 15 is 0 Å². The quantitative estimate of drug-likeness (QED) is 0.164. The summed E-state index contributed by atoms with van der Waals surface area (Å²) in [5, 5.41) is 20.7. The maximum atomic E-state index is 12.8. The third kappa shape index (κ3) is 5.59. The largest absolute Gasteiger partial charge is 0.307 e. The molecule has 16 aromatic rings. The van der Waals surface area contributed by atoms with Gasteiger partial charge < -0.3 is 18.3 Å². The standard InChI is InChI=1S/C64H37N11/c65-34-44-60(72-50-21-9-4-16-40(50)45-35-66-30-26-54(45)72)59(64-70-49-20-8-13-25-58(49)71(64)39-14-2-1-3-15-39)62(74-52-23-11-6-18-42(52)47-37-68-32-28-56(47)74)63(75-53-24-12-7-19-43(53)48-38-69-33-29-57(48)75)61(44)73-51-22-10-5-17-41(51)46-36-67-31-27-55(46)73/h1-33,35-38H. The Bertz CT molecular complexity index is 4890. The Morgan fingerprint density at radius 1 is 0.307 bits per heavy atom. The van der Waals surface area contributed by atoms with Gasteiger partial charge in [0, 0.05) is 98.4 Å². The van der Waals surface area contributed by atoms with E-state index in [1.54, 1.807) is 0 Å². The lowest BCUT2D eigenvalue weighted by Gasteiger charge is -2.29. The van der Waals surface area contributed by atoms with Crippen molar-refractivity contribution in [2.45, 2.75) is 0 Å². The summed E-state index contributed by atoms with van der Waals surface area (Å²) in [6.45, 7) is 0. The van der Waals surface area contributed by atoms with E-state index in [2.05, 4.69) is 193 Å². The van der Waals surface area contributed by atoms with Gasteiger partial charge in [-0.3, -0.25) is 24.5 Å². The minimum atomic E-state index is 0.428. The van der Waals surface area contributed by atoms with Crippen LogP contribution < -0.4 is 0 Å². The second-order valence-electron chi connectivity index (χ2n) is 18.8. The topological polar surface area (TPSA) is 113 Å². The van der Waals surface area contributed by atoms with Crippen LogP contribution in [-0.4, -0.2) is 47.8 Å². The number of fused-ring (bicyclic) bond motifs is 13. The van der Waals surface area contributed by atoms with Crippen LogP contribution in [0.25, 0.3) is 138 Å². The Hall–Kier alpha value is -10.7. The highest BCUT2D eigenvalue weighted by molar-refractivity contribution is 6.17. The summed E-state index contributed by atoms with van der Waals surface area (Å²) in [5.74, 6) is 0.644. The Labute approximate surface area is 426 Å². The van der Waals surface area contributed by atoms with Crippen molar-refractivity contribution in [2.75, 3.05) is 0 Å². The lowest BCUT2D eigenvalue weighted by Crippen LogP contribution is -2.17. The minimum absolute atomic E-state index is 0.428. The second-order valence-corrected chi connectivity index (χ2v) is 18.8. The third-order valence-electron chi connectivity index (χ3n) is 15.1. The summed E-state index contributed by atoms with van der Waals surface area (Å²) in [6, 6.07) is 63.9. The van der Waals surface area contributed by atoms with Crippen molar-refractivity contribution in [2.24, 2.45) is 0 Å². The zero-order valence-electron chi connectivity index (χ0n) is 39.8. The first-order valence-corrected chi connectivity index (χ1v) is 24.8. The lowest BCUT2D eigenvalue weighted by atomic mass is 9.97. The molecule has 0 bridgehead atoms. The summed E-state index contributed by atoms with van der Waals surface area (Å²) in [4.78, 5) is 24.7. The van der Waals surface area contributed by atoms with Crippen LogP contribution >= 0.6 is 0 Å². The molecule has 0 spiro atoms. The van der Waals surface area contributed by atoms with Crippen LogP contribution in [0, 0.1) is 11.3 Å². The van der Waals surface area contributed by atoms with E-state index in [0.29, 0.717) is 22.8 Å². The summed E-state index contributed by atoms with van der Waals surface area (Å²) in [7, 11) is 0. The van der Waals surface area contributed by atoms with Gasteiger partial charge in [0.1, 0.15) is 17.5 Å². The van der Waals surface area contributed by atoms with Crippen LogP contribution in [0.1, 0.15) is 5.56 Å². The number of hydrogen-bond acceptors (Lipinski definition) is 6. The van der Waals surface area contributed by atoms with Crippen LogP contribution in [-0.2, 0) is 0 Å². The average Bonchev–Trinajstić information content (AvgIpc) is 4.31. The number of nitrogens with zero attached hydrogens (tertiary/aromatic N) is 11. The molecule has 0 aliphatic carbocycles. The van der Waals surface area contributed by atoms with Crippen LogP contribution in [0.15, 0.2) is 225 Å². The van der Waals surface area contributed by atoms with Gasteiger partial charge in [-0.2, -0.15) is 5.26 Å². The average molecular weight is 960 g/mol. The lowest BCUT2D eigenvalue weighted by molar-refractivity contribution is 1.01. The van der Waals surface area contributed by atoms with E-state index in [1.807, 2.05) is 61.7 Å². The Morgan fingerprint density at radius 2 is 0.667 bits per heavy atom. The second kappa shape index (κ2) is 15.6. The van der Waals surface area contributed by atoms with E-state index in [0.717, 1.165) is 121 Å². The van der Waals surface area contributed by atoms with Gasteiger partial charge in [-0.25, -0.2) is 4.98 Å². The fraction of sp³-hybridized carbons (Fsp3) is 0. The van der Waals surface area contributed by atoms with Crippen molar-refractivity contribution in [1.29, 1.82) is 5.26 Å². The predicted octanol–water partition coefficient (Wildman–Crippen LogP) is 14.5. The van der Waals surface area contributed by atoms with E-state index in [9.17, 15) is 5.26 Å².